The molecule has 0 aliphatic carbocycles. The van der Waals surface area contributed by atoms with Gasteiger partial charge < -0.3 is 14.2 Å². The summed E-state index contributed by atoms with van der Waals surface area (Å²) in [6.45, 7) is 3.22. The summed E-state index contributed by atoms with van der Waals surface area (Å²) in [4.78, 5) is 16.1. The number of anilines is 1. The number of carbonyl (C=O) groups is 1. The highest BCUT2D eigenvalue weighted by atomic mass is 16.5. The maximum absolute atomic E-state index is 12.0. The Morgan fingerprint density at radius 2 is 1.90 bits per heavy atom. The van der Waals surface area contributed by atoms with Gasteiger partial charge in [0.2, 0.25) is 11.9 Å². The zero-order valence-corrected chi connectivity index (χ0v) is 16.1. The van der Waals surface area contributed by atoms with E-state index in [-0.39, 0.29) is 18.4 Å². The molecule has 0 radical (unpaired) electrons. The molecule has 1 N–H and O–H groups in total. The van der Waals surface area contributed by atoms with Gasteiger partial charge in [0.05, 0.1) is 19.1 Å². The second-order valence-electron chi connectivity index (χ2n) is 6.45. The highest BCUT2D eigenvalue weighted by Crippen LogP contribution is 2.35. The molecule has 2 aromatic carbocycles. The number of fused-ring (bicyclic) bond motifs is 1. The van der Waals surface area contributed by atoms with Crippen molar-refractivity contribution in [3.63, 3.8) is 0 Å². The monoisotopic (exact) mass is 394 g/mol. The fraction of sp³-hybridized carbons (Fsp3) is 0.286. The van der Waals surface area contributed by atoms with Crippen molar-refractivity contribution in [1.29, 1.82) is 0 Å². The number of rotatable bonds is 8. The van der Waals surface area contributed by atoms with Gasteiger partial charge in [0.1, 0.15) is 25.3 Å². The van der Waals surface area contributed by atoms with E-state index in [9.17, 15) is 4.79 Å². The van der Waals surface area contributed by atoms with Gasteiger partial charge in [-0.3, -0.25) is 10.1 Å². The Balaban J connectivity index is 1.46. The summed E-state index contributed by atoms with van der Waals surface area (Å²) in [7, 11) is 0. The number of hydrogen-bond donors (Lipinski definition) is 1. The van der Waals surface area contributed by atoms with Crippen LogP contribution in [-0.2, 0) is 4.79 Å². The molecule has 1 aromatic heterocycles. The number of benzene rings is 2. The van der Waals surface area contributed by atoms with Crippen molar-refractivity contribution in [3.05, 3.63) is 60.4 Å². The fourth-order valence-corrected chi connectivity index (χ4v) is 3.21. The molecule has 8 heteroatoms. The standard InChI is InChI=1S/C21H22N4O4/c1-2-27-19-12-15(17-13-20(26)24-21-22-14-23-25(17)21)8-9-18(19)29-11-10-28-16-6-4-3-5-7-16/h3-9,12,14,17H,2,10-11,13H2,1H3,(H,22,23,24,26)/t17-/m1/s1. The molecule has 3 aromatic rings. The number of amides is 1. The number of nitrogens with zero attached hydrogens (tertiary/aromatic N) is 3. The Bertz CT molecular complexity index is 974. The molecule has 8 nitrogen and oxygen atoms in total. The minimum Gasteiger partial charge on any atom is -0.490 e. The first-order chi connectivity index (χ1) is 14.2. The first kappa shape index (κ1) is 18.8. The van der Waals surface area contributed by atoms with Crippen molar-refractivity contribution in [2.75, 3.05) is 25.1 Å². The number of ether oxygens (including phenoxy) is 3. The Morgan fingerprint density at radius 1 is 1.07 bits per heavy atom. The molecule has 1 amide bonds. The molecule has 1 atom stereocenters. The van der Waals surface area contributed by atoms with Crippen molar-refractivity contribution in [2.24, 2.45) is 0 Å². The van der Waals surface area contributed by atoms with Gasteiger partial charge in [-0.1, -0.05) is 24.3 Å². The zero-order valence-electron chi connectivity index (χ0n) is 16.1. The van der Waals surface area contributed by atoms with E-state index >= 15 is 0 Å². The normalized spacial score (nSPS) is 15.3. The Hall–Kier alpha value is -3.55. The van der Waals surface area contributed by atoms with E-state index in [4.69, 9.17) is 14.2 Å². The summed E-state index contributed by atoms with van der Waals surface area (Å²) in [6, 6.07) is 15.0. The largest absolute Gasteiger partial charge is 0.490 e. The Labute approximate surface area is 168 Å². The van der Waals surface area contributed by atoms with E-state index in [1.807, 2.05) is 55.5 Å². The summed E-state index contributed by atoms with van der Waals surface area (Å²) in [5, 5.41) is 6.96. The molecule has 2 heterocycles. The molecule has 29 heavy (non-hydrogen) atoms. The van der Waals surface area contributed by atoms with E-state index in [1.165, 1.54) is 6.33 Å². The van der Waals surface area contributed by atoms with Crippen molar-refractivity contribution in [1.82, 2.24) is 14.8 Å². The summed E-state index contributed by atoms with van der Waals surface area (Å²) >= 11 is 0. The summed E-state index contributed by atoms with van der Waals surface area (Å²) in [5.74, 6) is 2.41. The van der Waals surface area contributed by atoms with Gasteiger partial charge in [-0.25, -0.2) is 4.68 Å². The maximum atomic E-state index is 12.0. The minimum atomic E-state index is -0.240. The molecule has 0 unspecified atom stereocenters. The van der Waals surface area contributed by atoms with Crippen LogP contribution in [0, 0.1) is 0 Å². The Morgan fingerprint density at radius 3 is 2.72 bits per heavy atom. The molecule has 0 fully saturated rings. The fourth-order valence-electron chi connectivity index (χ4n) is 3.21. The van der Waals surface area contributed by atoms with Crippen LogP contribution in [0.2, 0.25) is 0 Å². The second kappa shape index (κ2) is 8.64. The van der Waals surface area contributed by atoms with Crippen LogP contribution in [-0.4, -0.2) is 40.5 Å². The first-order valence-electron chi connectivity index (χ1n) is 9.51. The highest BCUT2D eigenvalue weighted by molar-refractivity contribution is 5.91. The van der Waals surface area contributed by atoms with Gasteiger partial charge in [0.15, 0.2) is 11.5 Å². The van der Waals surface area contributed by atoms with Crippen LogP contribution in [0.25, 0.3) is 0 Å². The quantitative estimate of drug-likeness (QED) is 0.591. The lowest BCUT2D eigenvalue weighted by molar-refractivity contribution is -0.117. The third-order valence-corrected chi connectivity index (χ3v) is 4.50. The highest BCUT2D eigenvalue weighted by Gasteiger charge is 2.28. The zero-order chi connectivity index (χ0) is 20.1. The van der Waals surface area contributed by atoms with Crippen LogP contribution in [0.3, 0.4) is 0 Å². The number of aromatic nitrogens is 3. The third kappa shape index (κ3) is 4.31. The molecule has 1 aliphatic heterocycles. The summed E-state index contributed by atoms with van der Waals surface area (Å²) in [6.07, 6.45) is 1.72. The molecule has 4 rings (SSSR count). The van der Waals surface area contributed by atoms with Gasteiger partial charge in [0, 0.05) is 0 Å². The molecular weight excluding hydrogens is 372 g/mol. The van der Waals surface area contributed by atoms with E-state index < -0.39 is 0 Å². The van der Waals surface area contributed by atoms with E-state index in [1.54, 1.807) is 4.68 Å². The van der Waals surface area contributed by atoms with Crippen LogP contribution >= 0.6 is 0 Å². The van der Waals surface area contributed by atoms with Gasteiger partial charge in [-0.2, -0.15) is 10.1 Å². The lowest BCUT2D eigenvalue weighted by Gasteiger charge is -2.24. The number of hydrogen-bond acceptors (Lipinski definition) is 6. The van der Waals surface area contributed by atoms with Crippen LogP contribution in [0.15, 0.2) is 54.9 Å². The number of para-hydroxylation sites is 1. The van der Waals surface area contributed by atoms with Gasteiger partial charge in [-0.15, -0.1) is 0 Å². The molecule has 0 saturated carbocycles. The van der Waals surface area contributed by atoms with Gasteiger partial charge in [-0.05, 0) is 36.8 Å². The van der Waals surface area contributed by atoms with Crippen molar-refractivity contribution >= 4 is 11.9 Å². The second-order valence-corrected chi connectivity index (χ2v) is 6.45. The topological polar surface area (TPSA) is 87.5 Å². The van der Waals surface area contributed by atoms with Crippen LogP contribution in [0.4, 0.5) is 5.95 Å². The van der Waals surface area contributed by atoms with Crippen molar-refractivity contribution in [3.8, 4) is 17.2 Å². The minimum absolute atomic E-state index is 0.0909. The molecule has 1 aliphatic rings. The average Bonchev–Trinajstić information content (AvgIpc) is 3.21. The van der Waals surface area contributed by atoms with Gasteiger partial charge in [0.25, 0.3) is 0 Å². The molecule has 150 valence electrons. The summed E-state index contributed by atoms with van der Waals surface area (Å²) in [5.41, 5.74) is 0.905. The third-order valence-electron chi connectivity index (χ3n) is 4.50. The van der Waals surface area contributed by atoms with Crippen molar-refractivity contribution in [2.45, 2.75) is 19.4 Å². The van der Waals surface area contributed by atoms with E-state index in [0.717, 1.165) is 11.3 Å². The smallest absolute Gasteiger partial charge is 0.229 e. The predicted molar refractivity (Wildman–Crippen MR) is 106 cm³/mol. The van der Waals surface area contributed by atoms with Crippen molar-refractivity contribution < 1.29 is 19.0 Å². The van der Waals surface area contributed by atoms with Crippen LogP contribution in [0.5, 0.6) is 17.2 Å². The number of nitrogens with one attached hydrogen (secondary N) is 1. The van der Waals surface area contributed by atoms with Crippen LogP contribution < -0.4 is 19.5 Å². The average molecular weight is 394 g/mol. The molecule has 0 saturated heterocycles. The van der Waals surface area contributed by atoms with E-state index in [0.29, 0.717) is 37.3 Å². The van der Waals surface area contributed by atoms with E-state index in [2.05, 4.69) is 15.4 Å². The Kier molecular flexibility index (Phi) is 5.60. The molecule has 0 bridgehead atoms. The predicted octanol–water partition coefficient (Wildman–Crippen LogP) is 3.07. The lowest BCUT2D eigenvalue weighted by atomic mass is 10.0. The number of carbonyl (C=O) groups excluding carboxylic acids is 1. The lowest BCUT2D eigenvalue weighted by Crippen LogP contribution is -2.29. The molecular formula is C21H22N4O4. The first-order valence-corrected chi connectivity index (χ1v) is 9.51. The summed E-state index contributed by atoms with van der Waals surface area (Å²) < 4.78 is 19.0. The SMILES string of the molecule is CCOc1cc([C@H]2CC(=O)Nc3ncnn32)ccc1OCCOc1ccccc1. The van der Waals surface area contributed by atoms with Crippen LogP contribution in [0.1, 0.15) is 24.9 Å². The van der Waals surface area contributed by atoms with Gasteiger partial charge >= 0.3 is 0 Å². The molecule has 0 spiro atoms. The maximum Gasteiger partial charge on any atom is 0.229 e.